The van der Waals surface area contributed by atoms with Crippen molar-refractivity contribution in [3.8, 4) is 0 Å². The van der Waals surface area contributed by atoms with Gasteiger partial charge in [-0.15, -0.1) is 0 Å². The first-order valence-corrected chi connectivity index (χ1v) is 10.6. The summed E-state index contributed by atoms with van der Waals surface area (Å²) in [5, 5.41) is 0. The zero-order chi connectivity index (χ0) is 20.6. The van der Waals surface area contributed by atoms with Crippen molar-refractivity contribution in [3.05, 3.63) is 29.8 Å². The van der Waals surface area contributed by atoms with E-state index in [4.69, 9.17) is 0 Å². The second kappa shape index (κ2) is 7.89. The Bertz CT molecular complexity index is 642. The van der Waals surface area contributed by atoms with Gasteiger partial charge in [0.05, 0.1) is 6.42 Å². The van der Waals surface area contributed by atoms with Gasteiger partial charge in [0.25, 0.3) is 0 Å². The van der Waals surface area contributed by atoms with Crippen LogP contribution in [0, 0.1) is 10.8 Å². The monoisotopic (exact) mass is 396 g/mol. The first-order valence-electron chi connectivity index (χ1n) is 10.6. The molecule has 2 nitrogen and oxygen atoms in total. The highest BCUT2D eigenvalue weighted by atomic mass is 19.4. The second-order valence-corrected chi connectivity index (χ2v) is 10.4. The fraction of sp³-hybridized carbons (Fsp3) is 0.739. The summed E-state index contributed by atoms with van der Waals surface area (Å²) >= 11 is 0. The van der Waals surface area contributed by atoms with Gasteiger partial charge in [0.1, 0.15) is 0 Å². The number of anilines is 1. The molecule has 1 aliphatic carbocycles. The summed E-state index contributed by atoms with van der Waals surface area (Å²) in [5.74, 6) is 0.540. The first-order chi connectivity index (χ1) is 12.9. The molecule has 5 heteroatoms. The molecule has 158 valence electrons. The van der Waals surface area contributed by atoms with Crippen molar-refractivity contribution in [2.75, 3.05) is 37.6 Å². The van der Waals surface area contributed by atoms with E-state index in [1.807, 2.05) is 4.90 Å². The number of nitrogens with zero attached hydrogens (tertiary/aromatic N) is 2. The fourth-order valence-corrected chi connectivity index (χ4v) is 5.68. The molecule has 1 saturated carbocycles. The van der Waals surface area contributed by atoms with E-state index in [0.717, 1.165) is 13.1 Å². The van der Waals surface area contributed by atoms with Crippen LogP contribution in [0.15, 0.2) is 24.3 Å². The molecule has 0 amide bonds. The van der Waals surface area contributed by atoms with Crippen molar-refractivity contribution in [1.82, 2.24) is 4.90 Å². The Morgan fingerprint density at radius 2 is 1.50 bits per heavy atom. The smallest absolute Gasteiger partial charge is 0.369 e. The zero-order valence-electron chi connectivity index (χ0n) is 17.8. The molecule has 3 rings (SSSR count). The Balaban J connectivity index is 1.70. The minimum atomic E-state index is -4.07. The van der Waals surface area contributed by atoms with Crippen molar-refractivity contribution in [2.24, 2.45) is 10.8 Å². The summed E-state index contributed by atoms with van der Waals surface area (Å²) in [6.07, 6.45) is -1.14. The van der Waals surface area contributed by atoms with Crippen LogP contribution in [-0.4, -0.2) is 43.8 Å². The average Bonchev–Trinajstić information content (AvgIpc) is 2.57. The van der Waals surface area contributed by atoms with Crippen LogP contribution in [0.1, 0.15) is 64.9 Å². The van der Waals surface area contributed by atoms with Gasteiger partial charge in [0.15, 0.2) is 0 Å². The molecular weight excluding hydrogens is 361 g/mol. The van der Waals surface area contributed by atoms with Gasteiger partial charge in [-0.2, -0.15) is 13.2 Å². The van der Waals surface area contributed by atoms with Crippen molar-refractivity contribution < 1.29 is 13.2 Å². The predicted molar refractivity (Wildman–Crippen MR) is 110 cm³/mol. The lowest BCUT2D eigenvalue weighted by molar-refractivity contribution is -0.138. The van der Waals surface area contributed by atoms with Crippen LogP contribution in [0.25, 0.3) is 0 Å². The summed E-state index contributed by atoms with van der Waals surface area (Å²) in [6, 6.07) is 8.70. The molecule has 0 N–H and O–H groups in total. The molecule has 0 bridgehead atoms. The van der Waals surface area contributed by atoms with Gasteiger partial charge >= 0.3 is 6.18 Å². The van der Waals surface area contributed by atoms with Crippen molar-refractivity contribution in [3.63, 3.8) is 0 Å². The zero-order valence-corrected chi connectivity index (χ0v) is 17.8. The molecule has 0 unspecified atom stereocenters. The molecule has 1 aromatic carbocycles. The summed E-state index contributed by atoms with van der Waals surface area (Å²) in [7, 11) is 0. The number of piperazine rings is 1. The summed E-state index contributed by atoms with van der Waals surface area (Å²) in [6.45, 7) is 12.6. The van der Waals surface area contributed by atoms with Crippen LogP contribution in [0.4, 0.5) is 18.9 Å². The van der Waals surface area contributed by atoms with Crippen molar-refractivity contribution in [1.29, 1.82) is 0 Å². The minimum absolute atomic E-state index is 0.115. The van der Waals surface area contributed by atoms with Crippen LogP contribution in [0.3, 0.4) is 0 Å². The lowest BCUT2D eigenvalue weighted by Crippen LogP contribution is -2.47. The van der Waals surface area contributed by atoms with Gasteiger partial charge in [-0.05, 0) is 47.6 Å². The highest BCUT2D eigenvalue weighted by Gasteiger charge is 2.40. The van der Waals surface area contributed by atoms with Crippen molar-refractivity contribution >= 4 is 5.69 Å². The van der Waals surface area contributed by atoms with Crippen LogP contribution in [0.2, 0.25) is 0 Å². The van der Waals surface area contributed by atoms with Crippen LogP contribution >= 0.6 is 0 Å². The molecule has 1 saturated heterocycles. The number of rotatable bonds is 4. The Hall–Kier alpha value is -1.23. The molecule has 0 aromatic heterocycles. The molecule has 1 aromatic rings. The van der Waals surface area contributed by atoms with Crippen LogP contribution in [-0.2, 0) is 0 Å². The highest BCUT2D eigenvalue weighted by Crippen LogP contribution is 2.53. The molecule has 1 heterocycles. The molecule has 2 aliphatic rings. The van der Waals surface area contributed by atoms with E-state index in [-0.39, 0.29) is 6.54 Å². The van der Waals surface area contributed by atoms with Crippen LogP contribution in [0.5, 0.6) is 0 Å². The number of benzene rings is 1. The maximum absolute atomic E-state index is 12.5. The standard InChI is InChI=1S/C23H35F3N2/c1-21(2)15-18(16-22(3,4)17-21)19-7-5-6-8-20(19)28-13-11-27(12-14-28)10-9-23(24,25)26/h5-8,18H,9-17H2,1-4H3. The van der Waals surface area contributed by atoms with Gasteiger partial charge in [-0.25, -0.2) is 0 Å². The number of hydrogen-bond acceptors (Lipinski definition) is 2. The Labute approximate surface area is 168 Å². The van der Waals surface area contributed by atoms with E-state index in [1.54, 1.807) is 0 Å². The Kier molecular flexibility index (Phi) is 6.05. The average molecular weight is 397 g/mol. The van der Waals surface area contributed by atoms with Gasteiger partial charge in [-0.1, -0.05) is 45.9 Å². The quantitative estimate of drug-likeness (QED) is 0.608. The predicted octanol–water partition coefficient (Wildman–Crippen LogP) is 6.08. The largest absolute Gasteiger partial charge is 0.390 e. The lowest BCUT2D eigenvalue weighted by Gasteiger charge is -2.46. The molecule has 0 spiro atoms. The van der Waals surface area contributed by atoms with E-state index in [1.165, 1.54) is 30.5 Å². The third-order valence-electron chi connectivity index (χ3n) is 6.36. The third-order valence-corrected chi connectivity index (χ3v) is 6.36. The molecule has 0 radical (unpaired) electrons. The Morgan fingerprint density at radius 1 is 0.929 bits per heavy atom. The molecular formula is C23H35F3N2. The molecule has 1 aliphatic heterocycles. The number of alkyl halides is 3. The number of halogens is 3. The maximum Gasteiger partial charge on any atom is 0.390 e. The summed E-state index contributed by atoms with van der Waals surface area (Å²) in [4.78, 5) is 4.33. The summed E-state index contributed by atoms with van der Waals surface area (Å²) in [5.41, 5.74) is 3.37. The van der Waals surface area contributed by atoms with E-state index in [2.05, 4.69) is 56.9 Å². The lowest BCUT2D eigenvalue weighted by atomic mass is 9.60. The first kappa shape index (κ1) is 21.5. The van der Waals surface area contributed by atoms with Gasteiger partial charge in [-0.3, -0.25) is 4.90 Å². The van der Waals surface area contributed by atoms with E-state index < -0.39 is 12.6 Å². The van der Waals surface area contributed by atoms with E-state index in [0.29, 0.717) is 29.8 Å². The minimum Gasteiger partial charge on any atom is -0.369 e. The SMILES string of the molecule is CC1(C)CC(c2ccccc2N2CCN(CCC(F)(F)F)CC2)CC(C)(C)C1. The number of hydrogen-bond donors (Lipinski definition) is 0. The molecule has 2 fully saturated rings. The van der Waals surface area contributed by atoms with Crippen molar-refractivity contribution in [2.45, 2.75) is 65.5 Å². The van der Waals surface area contributed by atoms with E-state index in [9.17, 15) is 13.2 Å². The van der Waals surface area contributed by atoms with Crippen LogP contribution < -0.4 is 4.90 Å². The third kappa shape index (κ3) is 5.65. The Morgan fingerprint density at radius 3 is 2.07 bits per heavy atom. The molecule has 0 atom stereocenters. The maximum atomic E-state index is 12.5. The number of para-hydroxylation sites is 1. The fourth-order valence-electron chi connectivity index (χ4n) is 5.68. The van der Waals surface area contributed by atoms with E-state index >= 15 is 0 Å². The highest BCUT2D eigenvalue weighted by molar-refractivity contribution is 5.56. The molecule has 28 heavy (non-hydrogen) atoms. The van der Waals surface area contributed by atoms with Gasteiger partial charge in [0, 0.05) is 38.4 Å². The normalized spacial score (nSPS) is 23.8. The summed E-state index contributed by atoms with van der Waals surface area (Å²) < 4.78 is 37.5. The topological polar surface area (TPSA) is 6.48 Å². The van der Waals surface area contributed by atoms with Gasteiger partial charge in [0.2, 0.25) is 0 Å². The second-order valence-electron chi connectivity index (χ2n) is 10.4. The van der Waals surface area contributed by atoms with Gasteiger partial charge < -0.3 is 4.90 Å².